The van der Waals surface area contributed by atoms with Gasteiger partial charge in [-0.25, -0.2) is 0 Å². The predicted octanol–water partition coefficient (Wildman–Crippen LogP) is 2.58. The van der Waals surface area contributed by atoms with E-state index in [9.17, 15) is 0 Å². The lowest BCUT2D eigenvalue weighted by Crippen LogP contribution is -2.36. The highest BCUT2D eigenvalue weighted by atomic mass is 16.5. The fourth-order valence-corrected chi connectivity index (χ4v) is 3.31. The van der Waals surface area contributed by atoms with Crippen molar-refractivity contribution in [3.05, 3.63) is 36.0 Å². The van der Waals surface area contributed by atoms with Gasteiger partial charge < -0.3 is 15.0 Å². The Hall–Kier alpha value is -1.32. The summed E-state index contributed by atoms with van der Waals surface area (Å²) in [7, 11) is 0. The second-order valence-corrected chi connectivity index (χ2v) is 5.50. The van der Waals surface area contributed by atoms with Gasteiger partial charge in [0.2, 0.25) is 0 Å². The molecule has 1 aromatic carbocycles. The first-order valence-electron chi connectivity index (χ1n) is 6.83. The van der Waals surface area contributed by atoms with E-state index in [2.05, 4.69) is 34.6 Å². The number of rotatable bonds is 3. The zero-order valence-electron chi connectivity index (χ0n) is 10.4. The number of fused-ring (bicyclic) bond motifs is 3. The number of aromatic amines is 1. The number of ether oxygens (including phenoxy) is 1. The van der Waals surface area contributed by atoms with Crippen molar-refractivity contribution in [2.24, 2.45) is 0 Å². The molecule has 1 aromatic heterocycles. The Labute approximate surface area is 107 Å². The summed E-state index contributed by atoms with van der Waals surface area (Å²) >= 11 is 0. The quantitative estimate of drug-likeness (QED) is 0.868. The van der Waals surface area contributed by atoms with E-state index in [1.54, 1.807) is 0 Å². The lowest BCUT2D eigenvalue weighted by molar-refractivity contribution is 0.0973. The van der Waals surface area contributed by atoms with E-state index >= 15 is 0 Å². The smallest absolute Gasteiger partial charge is 0.0733 e. The van der Waals surface area contributed by atoms with Crippen LogP contribution in [0.4, 0.5) is 0 Å². The Morgan fingerprint density at radius 2 is 2.28 bits per heavy atom. The second kappa shape index (κ2) is 4.11. The predicted molar refractivity (Wildman–Crippen MR) is 71.4 cm³/mol. The number of aromatic nitrogens is 1. The van der Waals surface area contributed by atoms with Gasteiger partial charge in [-0.3, -0.25) is 0 Å². The highest BCUT2D eigenvalue weighted by molar-refractivity contribution is 5.79. The average Bonchev–Trinajstić information content (AvgIpc) is 3.11. The van der Waals surface area contributed by atoms with E-state index < -0.39 is 0 Å². The van der Waals surface area contributed by atoms with Gasteiger partial charge in [0.1, 0.15) is 0 Å². The lowest BCUT2D eigenvalue weighted by Gasteiger charge is -2.20. The molecule has 3 nitrogen and oxygen atoms in total. The van der Waals surface area contributed by atoms with Gasteiger partial charge in [-0.1, -0.05) is 12.1 Å². The molecule has 3 heteroatoms. The van der Waals surface area contributed by atoms with Crippen molar-refractivity contribution < 1.29 is 4.74 Å². The van der Waals surface area contributed by atoms with E-state index in [0.717, 1.165) is 6.54 Å². The standard InChI is InChI=1S/C15H18N2O/c1-2-11-5-6-16-13(11)7-10(1)9-17-14-8-12-3-4-15(14)18-12/h1-2,5-7,12,14-17H,3-4,8-9H2. The van der Waals surface area contributed by atoms with Gasteiger partial charge in [-0.2, -0.15) is 0 Å². The maximum atomic E-state index is 5.86. The average molecular weight is 242 g/mol. The van der Waals surface area contributed by atoms with Crippen LogP contribution in [-0.2, 0) is 11.3 Å². The summed E-state index contributed by atoms with van der Waals surface area (Å²) in [6.45, 7) is 0.937. The highest BCUT2D eigenvalue weighted by Gasteiger charge is 2.40. The molecule has 2 aromatic rings. The molecule has 2 bridgehead atoms. The molecule has 94 valence electrons. The van der Waals surface area contributed by atoms with Gasteiger partial charge >= 0.3 is 0 Å². The van der Waals surface area contributed by atoms with Crippen LogP contribution < -0.4 is 5.32 Å². The number of nitrogens with one attached hydrogen (secondary N) is 2. The first-order valence-corrected chi connectivity index (χ1v) is 6.83. The Kier molecular flexibility index (Phi) is 2.42. The van der Waals surface area contributed by atoms with Crippen molar-refractivity contribution in [1.82, 2.24) is 10.3 Å². The van der Waals surface area contributed by atoms with Crippen molar-refractivity contribution in [2.75, 3.05) is 0 Å². The molecule has 0 saturated carbocycles. The van der Waals surface area contributed by atoms with Crippen molar-refractivity contribution in [3.8, 4) is 0 Å². The molecule has 2 aliphatic rings. The van der Waals surface area contributed by atoms with Gasteiger partial charge in [0.25, 0.3) is 0 Å². The summed E-state index contributed by atoms with van der Waals surface area (Å²) in [5.41, 5.74) is 2.56. The molecule has 18 heavy (non-hydrogen) atoms. The van der Waals surface area contributed by atoms with E-state index in [0.29, 0.717) is 18.2 Å². The summed E-state index contributed by atoms with van der Waals surface area (Å²) in [6, 6.07) is 9.28. The fourth-order valence-electron chi connectivity index (χ4n) is 3.31. The Balaban J connectivity index is 1.45. The Morgan fingerprint density at radius 3 is 3.11 bits per heavy atom. The normalized spacial score (nSPS) is 30.3. The molecular formula is C15H18N2O. The van der Waals surface area contributed by atoms with E-state index in [1.807, 2.05) is 6.20 Å². The van der Waals surface area contributed by atoms with Gasteiger partial charge in [-0.05, 0) is 42.3 Å². The van der Waals surface area contributed by atoms with Crippen LogP contribution in [0.5, 0.6) is 0 Å². The number of benzene rings is 1. The molecule has 2 aliphatic heterocycles. The largest absolute Gasteiger partial charge is 0.373 e. The lowest BCUT2D eigenvalue weighted by atomic mass is 9.95. The van der Waals surface area contributed by atoms with Crippen LogP contribution in [0.25, 0.3) is 10.9 Å². The molecular weight excluding hydrogens is 224 g/mol. The van der Waals surface area contributed by atoms with E-state index in [1.165, 1.54) is 35.7 Å². The molecule has 0 aliphatic carbocycles. The monoisotopic (exact) mass is 242 g/mol. The van der Waals surface area contributed by atoms with Crippen LogP contribution in [0, 0.1) is 0 Å². The third-order valence-corrected chi connectivity index (χ3v) is 4.29. The number of hydrogen-bond donors (Lipinski definition) is 2. The summed E-state index contributed by atoms with van der Waals surface area (Å²) in [4.78, 5) is 3.26. The third-order valence-electron chi connectivity index (χ3n) is 4.29. The van der Waals surface area contributed by atoms with Gasteiger partial charge in [-0.15, -0.1) is 0 Å². The molecule has 2 N–H and O–H groups in total. The van der Waals surface area contributed by atoms with Crippen molar-refractivity contribution in [3.63, 3.8) is 0 Å². The van der Waals surface area contributed by atoms with Crippen LogP contribution in [-0.4, -0.2) is 23.2 Å². The minimum atomic E-state index is 0.462. The summed E-state index contributed by atoms with van der Waals surface area (Å²) in [6.07, 6.45) is 6.67. The minimum Gasteiger partial charge on any atom is -0.373 e. The van der Waals surface area contributed by atoms with Gasteiger partial charge in [0, 0.05) is 24.3 Å². The zero-order chi connectivity index (χ0) is 11.9. The summed E-state index contributed by atoms with van der Waals surface area (Å²) < 4.78 is 5.86. The third kappa shape index (κ3) is 1.74. The van der Waals surface area contributed by atoms with Gasteiger partial charge in [0.15, 0.2) is 0 Å². The van der Waals surface area contributed by atoms with E-state index in [-0.39, 0.29) is 0 Å². The van der Waals surface area contributed by atoms with Crippen LogP contribution in [0.15, 0.2) is 30.5 Å². The minimum absolute atomic E-state index is 0.462. The van der Waals surface area contributed by atoms with Crippen molar-refractivity contribution in [1.29, 1.82) is 0 Å². The Morgan fingerprint density at radius 1 is 1.28 bits per heavy atom. The van der Waals surface area contributed by atoms with Gasteiger partial charge in [0.05, 0.1) is 12.2 Å². The first kappa shape index (κ1) is 10.6. The molecule has 0 spiro atoms. The molecule has 2 fully saturated rings. The van der Waals surface area contributed by atoms with Crippen LogP contribution in [0.1, 0.15) is 24.8 Å². The van der Waals surface area contributed by atoms with Crippen LogP contribution >= 0.6 is 0 Å². The Bertz CT molecular complexity index is 562. The number of hydrogen-bond acceptors (Lipinski definition) is 2. The zero-order valence-corrected chi connectivity index (χ0v) is 10.4. The molecule has 0 amide bonds. The molecule has 0 radical (unpaired) electrons. The molecule has 3 atom stereocenters. The second-order valence-electron chi connectivity index (χ2n) is 5.50. The number of H-pyrrole nitrogens is 1. The SMILES string of the molecule is c1cc2ccc(CNC3CC4CCC3O4)cc2[nH]1. The van der Waals surface area contributed by atoms with Crippen molar-refractivity contribution >= 4 is 10.9 Å². The fraction of sp³-hybridized carbons (Fsp3) is 0.467. The molecule has 3 heterocycles. The topological polar surface area (TPSA) is 37.0 Å². The molecule has 2 saturated heterocycles. The summed E-state index contributed by atoms with van der Waals surface area (Å²) in [5.74, 6) is 0. The molecule has 4 rings (SSSR count). The maximum absolute atomic E-state index is 5.86. The summed E-state index contributed by atoms with van der Waals surface area (Å²) in [5, 5.41) is 4.93. The molecule has 3 unspecified atom stereocenters. The first-order chi connectivity index (χ1) is 8.88. The van der Waals surface area contributed by atoms with Crippen molar-refractivity contribution in [2.45, 2.75) is 44.1 Å². The van der Waals surface area contributed by atoms with E-state index in [4.69, 9.17) is 4.74 Å². The van der Waals surface area contributed by atoms with Crippen LogP contribution in [0.3, 0.4) is 0 Å². The highest BCUT2D eigenvalue weighted by Crippen LogP contribution is 2.34. The van der Waals surface area contributed by atoms with Crippen LogP contribution in [0.2, 0.25) is 0 Å². The maximum Gasteiger partial charge on any atom is 0.0733 e.